The number of nitrogens with zero attached hydrogens (tertiary/aromatic N) is 1. The van der Waals surface area contributed by atoms with Gasteiger partial charge in [0.2, 0.25) is 5.88 Å². The summed E-state index contributed by atoms with van der Waals surface area (Å²) in [6, 6.07) is 3.57. The normalized spacial score (nSPS) is 12.6. The molecule has 78 valence electrons. The molecule has 1 aromatic heterocycles. The number of ether oxygens (including phenoxy) is 1. The summed E-state index contributed by atoms with van der Waals surface area (Å²) in [5.74, 6) is 0.524. The van der Waals surface area contributed by atoms with Crippen molar-refractivity contribution >= 4 is 0 Å². The third-order valence-electron chi connectivity index (χ3n) is 1.99. The van der Waals surface area contributed by atoms with Crippen LogP contribution in [0.2, 0.25) is 0 Å². The zero-order valence-corrected chi connectivity index (χ0v) is 8.53. The van der Waals surface area contributed by atoms with Crippen molar-refractivity contribution in [2.45, 2.75) is 19.4 Å². The molecule has 3 N–H and O–H groups in total. The van der Waals surface area contributed by atoms with Gasteiger partial charge in [0.15, 0.2) is 0 Å². The SMILES string of the molecule is COc1cc([C@H](O)CCN)cc(C)n1. The lowest BCUT2D eigenvalue weighted by atomic mass is 10.1. The summed E-state index contributed by atoms with van der Waals surface area (Å²) in [7, 11) is 1.56. The molecule has 0 aromatic carbocycles. The van der Waals surface area contributed by atoms with Gasteiger partial charge in [0, 0.05) is 11.8 Å². The van der Waals surface area contributed by atoms with E-state index in [-0.39, 0.29) is 0 Å². The molecule has 0 radical (unpaired) electrons. The van der Waals surface area contributed by atoms with Crippen LogP contribution in [0.15, 0.2) is 12.1 Å². The van der Waals surface area contributed by atoms with Crippen LogP contribution in [-0.2, 0) is 0 Å². The summed E-state index contributed by atoms with van der Waals surface area (Å²) in [5, 5.41) is 9.70. The van der Waals surface area contributed by atoms with Gasteiger partial charge in [-0.3, -0.25) is 0 Å². The smallest absolute Gasteiger partial charge is 0.213 e. The maximum Gasteiger partial charge on any atom is 0.213 e. The summed E-state index contributed by atoms with van der Waals surface area (Å²) in [6.45, 7) is 2.33. The van der Waals surface area contributed by atoms with Gasteiger partial charge < -0.3 is 15.6 Å². The number of pyridine rings is 1. The van der Waals surface area contributed by atoms with E-state index in [0.717, 1.165) is 11.3 Å². The molecule has 1 heterocycles. The van der Waals surface area contributed by atoms with Crippen molar-refractivity contribution in [3.63, 3.8) is 0 Å². The van der Waals surface area contributed by atoms with Gasteiger partial charge in [0.05, 0.1) is 13.2 Å². The van der Waals surface area contributed by atoms with Gasteiger partial charge in [0.1, 0.15) is 0 Å². The largest absolute Gasteiger partial charge is 0.481 e. The second-order valence-electron chi connectivity index (χ2n) is 3.18. The molecule has 0 saturated heterocycles. The fourth-order valence-corrected chi connectivity index (χ4v) is 1.29. The monoisotopic (exact) mass is 196 g/mol. The van der Waals surface area contributed by atoms with Crippen molar-refractivity contribution in [3.8, 4) is 5.88 Å². The Labute approximate surface area is 83.7 Å². The van der Waals surface area contributed by atoms with E-state index in [1.54, 1.807) is 13.2 Å². The minimum atomic E-state index is -0.532. The Hall–Kier alpha value is -1.13. The summed E-state index contributed by atoms with van der Waals surface area (Å²) in [4.78, 5) is 4.13. The van der Waals surface area contributed by atoms with Crippen LogP contribution >= 0.6 is 0 Å². The topological polar surface area (TPSA) is 68.4 Å². The number of hydrogen-bond acceptors (Lipinski definition) is 4. The third-order valence-corrected chi connectivity index (χ3v) is 1.99. The second kappa shape index (κ2) is 4.93. The molecule has 0 unspecified atom stereocenters. The van der Waals surface area contributed by atoms with Crippen molar-refractivity contribution in [3.05, 3.63) is 23.4 Å². The third kappa shape index (κ3) is 2.68. The quantitative estimate of drug-likeness (QED) is 0.746. The van der Waals surface area contributed by atoms with E-state index in [4.69, 9.17) is 10.5 Å². The highest BCUT2D eigenvalue weighted by Gasteiger charge is 2.08. The van der Waals surface area contributed by atoms with E-state index >= 15 is 0 Å². The van der Waals surface area contributed by atoms with Crippen LogP contribution in [0.3, 0.4) is 0 Å². The maximum absolute atomic E-state index is 9.70. The van der Waals surface area contributed by atoms with Crippen LogP contribution in [-0.4, -0.2) is 23.7 Å². The molecular weight excluding hydrogens is 180 g/mol. The Morgan fingerprint density at radius 2 is 2.29 bits per heavy atom. The van der Waals surface area contributed by atoms with E-state index in [1.807, 2.05) is 13.0 Å². The molecule has 0 aliphatic rings. The molecule has 1 rings (SSSR count). The molecule has 0 aliphatic carbocycles. The fourth-order valence-electron chi connectivity index (χ4n) is 1.29. The predicted molar refractivity (Wildman–Crippen MR) is 54.2 cm³/mol. The molecule has 14 heavy (non-hydrogen) atoms. The van der Waals surface area contributed by atoms with Gasteiger partial charge in [-0.1, -0.05) is 0 Å². The van der Waals surface area contributed by atoms with Crippen molar-refractivity contribution in [2.75, 3.05) is 13.7 Å². The first-order valence-corrected chi connectivity index (χ1v) is 4.58. The molecule has 1 atom stereocenters. The lowest BCUT2D eigenvalue weighted by Crippen LogP contribution is -2.07. The van der Waals surface area contributed by atoms with Gasteiger partial charge >= 0.3 is 0 Å². The first-order valence-electron chi connectivity index (χ1n) is 4.58. The highest BCUT2D eigenvalue weighted by molar-refractivity contribution is 5.26. The molecular formula is C10H16N2O2. The Morgan fingerprint density at radius 3 is 2.86 bits per heavy atom. The second-order valence-corrected chi connectivity index (χ2v) is 3.18. The molecule has 0 spiro atoms. The maximum atomic E-state index is 9.70. The minimum Gasteiger partial charge on any atom is -0.481 e. The van der Waals surface area contributed by atoms with E-state index < -0.39 is 6.10 Å². The molecule has 0 saturated carbocycles. The van der Waals surface area contributed by atoms with Crippen LogP contribution in [0.1, 0.15) is 23.8 Å². The number of aryl methyl sites for hydroxylation is 1. The van der Waals surface area contributed by atoms with Crippen LogP contribution in [0.25, 0.3) is 0 Å². The lowest BCUT2D eigenvalue weighted by Gasteiger charge is -2.11. The van der Waals surface area contributed by atoms with E-state index in [1.165, 1.54) is 0 Å². The van der Waals surface area contributed by atoms with Crippen molar-refractivity contribution in [1.82, 2.24) is 4.98 Å². The average molecular weight is 196 g/mol. The predicted octanol–water partition coefficient (Wildman–Crippen LogP) is 0.781. The Morgan fingerprint density at radius 1 is 1.57 bits per heavy atom. The number of rotatable bonds is 4. The number of hydrogen-bond donors (Lipinski definition) is 2. The Bertz CT molecular complexity index is 302. The van der Waals surface area contributed by atoms with Crippen LogP contribution in [0.4, 0.5) is 0 Å². The van der Waals surface area contributed by atoms with Gasteiger partial charge in [-0.25, -0.2) is 4.98 Å². The average Bonchev–Trinajstić information content (AvgIpc) is 2.17. The van der Waals surface area contributed by atoms with Crippen LogP contribution in [0.5, 0.6) is 5.88 Å². The highest BCUT2D eigenvalue weighted by Crippen LogP contribution is 2.20. The number of methoxy groups -OCH3 is 1. The molecule has 0 aliphatic heterocycles. The van der Waals surface area contributed by atoms with Crippen LogP contribution < -0.4 is 10.5 Å². The number of aliphatic hydroxyl groups is 1. The summed E-state index contributed by atoms with van der Waals surface area (Å²) in [5.41, 5.74) is 7.00. The first-order chi connectivity index (χ1) is 6.67. The Balaban J connectivity index is 2.90. The minimum absolute atomic E-state index is 0.463. The van der Waals surface area contributed by atoms with Crippen molar-refractivity contribution < 1.29 is 9.84 Å². The summed E-state index contributed by atoms with van der Waals surface area (Å²) in [6.07, 6.45) is 0.0164. The highest BCUT2D eigenvalue weighted by atomic mass is 16.5. The van der Waals surface area contributed by atoms with Gasteiger partial charge in [-0.05, 0) is 31.5 Å². The zero-order chi connectivity index (χ0) is 10.6. The van der Waals surface area contributed by atoms with Crippen molar-refractivity contribution in [1.29, 1.82) is 0 Å². The summed E-state index contributed by atoms with van der Waals surface area (Å²) < 4.78 is 5.01. The molecule has 0 fully saturated rings. The van der Waals surface area contributed by atoms with Crippen LogP contribution in [0, 0.1) is 6.92 Å². The lowest BCUT2D eigenvalue weighted by molar-refractivity contribution is 0.169. The standard InChI is InChI=1S/C10H16N2O2/c1-7-5-8(9(13)3-4-11)6-10(12-7)14-2/h5-6,9,13H,3-4,11H2,1-2H3/t9-/m1/s1. The van der Waals surface area contributed by atoms with Gasteiger partial charge in [-0.2, -0.15) is 0 Å². The number of aromatic nitrogens is 1. The molecule has 4 nitrogen and oxygen atoms in total. The first kappa shape index (κ1) is 10.9. The summed E-state index contributed by atoms with van der Waals surface area (Å²) >= 11 is 0. The Kier molecular flexibility index (Phi) is 3.85. The number of nitrogens with two attached hydrogens (primary N) is 1. The number of aliphatic hydroxyl groups excluding tert-OH is 1. The van der Waals surface area contributed by atoms with E-state index in [0.29, 0.717) is 18.8 Å². The molecule has 0 amide bonds. The molecule has 4 heteroatoms. The van der Waals surface area contributed by atoms with Gasteiger partial charge in [0.25, 0.3) is 0 Å². The molecule has 0 bridgehead atoms. The molecule has 1 aromatic rings. The van der Waals surface area contributed by atoms with E-state index in [9.17, 15) is 5.11 Å². The van der Waals surface area contributed by atoms with Gasteiger partial charge in [-0.15, -0.1) is 0 Å². The fraction of sp³-hybridized carbons (Fsp3) is 0.500. The van der Waals surface area contributed by atoms with E-state index in [2.05, 4.69) is 4.98 Å². The zero-order valence-electron chi connectivity index (χ0n) is 8.53. The van der Waals surface area contributed by atoms with Crippen molar-refractivity contribution in [2.24, 2.45) is 5.73 Å².